The number of carbonyl (C=O) groups excluding carboxylic acids is 1. The van der Waals surface area contributed by atoms with Crippen molar-refractivity contribution in [2.45, 2.75) is 20.4 Å². The summed E-state index contributed by atoms with van der Waals surface area (Å²) in [5.41, 5.74) is 3.89. The van der Waals surface area contributed by atoms with E-state index in [0.29, 0.717) is 5.82 Å². The number of anilines is 1. The van der Waals surface area contributed by atoms with E-state index in [-0.39, 0.29) is 12.5 Å². The SMILES string of the molecule is Cc1ccc(-c2nnnn2CC(=O)Nc2cccc(C)c2)cc1. The van der Waals surface area contributed by atoms with Crippen LogP contribution in [0.4, 0.5) is 5.69 Å². The van der Waals surface area contributed by atoms with E-state index in [9.17, 15) is 4.79 Å². The number of carbonyl (C=O) groups is 1. The van der Waals surface area contributed by atoms with Gasteiger partial charge in [0.05, 0.1) is 0 Å². The first-order valence-corrected chi connectivity index (χ1v) is 7.31. The predicted octanol–water partition coefficient (Wildman–Crippen LogP) is 2.60. The van der Waals surface area contributed by atoms with Gasteiger partial charge in [0.1, 0.15) is 6.54 Å². The van der Waals surface area contributed by atoms with Crippen LogP contribution >= 0.6 is 0 Å². The summed E-state index contributed by atoms with van der Waals surface area (Å²) < 4.78 is 1.50. The molecule has 0 unspecified atom stereocenters. The van der Waals surface area contributed by atoms with Crippen LogP contribution in [0.25, 0.3) is 11.4 Å². The highest BCUT2D eigenvalue weighted by atomic mass is 16.2. The lowest BCUT2D eigenvalue weighted by atomic mass is 10.1. The van der Waals surface area contributed by atoms with Crippen LogP contribution in [-0.2, 0) is 11.3 Å². The van der Waals surface area contributed by atoms with Gasteiger partial charge >= 0.3 is 0 Å². The number of tetrazole rings is 1. The molecule has 0 saturated carbocycles. The fourth-order valence-electron chi connectivity index (χ4n) is 2.28. The Bertz CT molecular complexity index is 823. The Morgan fingerprint density at radius 3 is 2.61 bits per heavy atom. The van der Waals surface area contributed by atoms with E-state index < -0.39 is 0 Å². The van der Waals surface area contributed by atoms with Gasteiger partial charge in [-0.2, -0.15) is 0 Å². The van der Waals surface area contributed by atoms with Gasteiger partial charge in [-0.25, -0.2) is 4.68 Å². The second-order valence-electron chi connectivity index (χ2n) is 5.44. The number of hydrogen-bond acceptors (Lipinski definition) is 4. The number of aryl methyl sites for hydroxylation is 2. The first kappa shape index (κ1) is 14.9. The molecule has 0 aliphatic rings. The molecule has 0 atom stereocenters. The third-order valence-electron chi connectivity index (χ3n) is 3.44. The number of nitrogens with zero attached hydrogens (tertiary/aromatic N) is 4. The molecule has 3 aromatic rings. The van der Waals surface area contributed by atoms with Crippen molar-refractivity contribution >= 4 is 11.6 Å². The molecule has 3 rings (SSSR count). The lowest BCUT2D eigenvalue weighted by molar-refractivity contribution is -0.116. The van der Waals surface area contributed by atoms with Crippen molar-refractivity contribution in [3.63, 3.8) is 0 Å². The molecule has 2 aromatic carbocycles. The van der Waals surface area contributed by atoms with Crippen LogP contribution in [0, 0.1) is 13.8 Å². The smallest absolute Gasteiger partial charge is 0.246 e. The summed E-state index contributed by atoms with van der Waals surface area (Å²) >= 11 is 0. The molecular formula is C17H17N5O. The lowest BCUT2D eigenvalue weighted by Crippen LogP contribution is -2.20. The normalized spacial score (nSPS) is 10.5. The van der Waals surface area contributed by atoms with E-state index in [0.717, 1.165) is 22.4 Å². The largest absolute Gasteiger partial charge is 0.324 e. The maximum atomic E-state index is 12.2. The zero-order chi connectivity index (χ0) is 16.2. The Hall–Kier alpha value is -3.02. The molecule has 6 heteroatoms. The average molecular weight is 307 g/mol. The molecule has 0 spiro atoms. The molecule has 116 valence electrons. The van der Waals surface area contributed by atoms with Gasteiger partial charge in [-0.3, -0.25) is 4.79 Å². The molecule has 0 radical (unpaired) electrons. The van der Waals surface area contributed by atoms with E-state index in [1.807, 2.05) is 62.4 Å². The minimum Gasteiger partial charge on any atom is -0.324 e. The van der Waals surface area contributed by atoms with E-state index in [2.05, 4.69) is 20.8 Å². The van der Waals surface area contributed by atoms with E-state index in [1.54, 1.807) is 0 Å². The molecule has 1 N–H and O–H groups in total. The van der Waals surface area contributed by atoms with Crippen LogP contribution in [0.15, 0.2) is 48.5 Å². The van der Waals surface area contributed by atoms with Crippen molar-refractivity contribution < 1.29 is 4.79 Å². The summed E-state index contributed by atoms with van der Waals surface area (Å²) in [4.78, 5) is 12.2. The molecule has 0 saturated heterocycles. The second-order valence-corrected chi connectivity index (χ2v) is 5.44. The first-order chi connectivity index (χ1) is 11.1. The summed E-state index contributed by atoms with van der Waals surface area (Å²) in [6.07, 6.45) is 0. The number of benzene rings is 2. The van der Waals surface area contributed by atoms with Gasteiger partial charge in [0, 0.05) is 11.3 Å². The summed E-state index contributed by atoms with van der Waals surface area (Å²) in [7, 11) is 0. The zero-order valence-corrected chi connectivity index (χ0v) is 13.0. The van der Waals surface area contributed by atoms with Crippen molar-refractivity contribution in [3.05, 3.63) is 59.7 Å². The zero-order valence-electron chi connectivity index (χ0n) is 13.0. The standard InChI is InChI=1S/C17H17N5O/c1-12-6-8-14(9-7-12)17-19-20-21-22(17)11-16(23)18-15-5-3-4-13(2)10-15/h3-10H,11H2,1-2H3,(H,18,23). The van der Waals surface area contributed by atoms with Gasteiger partial charge in [-0.05, 0) is 42.0 Å². The second kappa shape index (κ2) is 6.39. The van der Waals surface area contributed by atoms with Crippen molar-refractivity contribution in [2.24, 2.45) is 0 Å². The number of aromatic nitrogens is 4. The van der Waals surface area contributed by atoms with Crippen molar-refractivity contribution in [1.29, 1.82) is 0 Å². The third kappa shape index (κ3) is 3.60. The predicted molar refractivity (Wildman–Crippen MR) is 87.8 cm³/mol. The molecule has 0 aliphatic heterocycles. The monoisotopic (exact) mass is 307 g/mol. The van der Waals surface area contributed by atoms with Gasteiger partial charge in [-0.1, -0.05) is 42.0 Å². The first-order valence-electron chi connectivity index (χ1n) is 7.31. The molecule has 0 bridgehead atoms. The van der Waals surface area contributed by atoms with Gasteiger partial charge in [0.25, 0.3) is 0 Å². The Morgan fingerprint density at radius 1 is 1.09 bits per heavy atom. The highest BCUT2D eigenvalue weighted by Gasteiger charge is 2.12. The minimum absolute atomic E-state index is 0.0597. The third-order valence-corrected chi connectivity index (χ3v) is 3.44. The topological polar surface area (TPSA) is 72.7 Å². The highest BCUT2D eigenvalue weighted by Crippen LogP contribution is 2.16. The van der Waals surface area contributed by atoms with Gasteiger partial charge < -0.3 is 5.32 Å². The molecular weight excluding hydrogens is 290 g/mol. The molecule has 1 amide bonds. The molecule has 1 aromatic heterocycles. The van der Waals surface area contributed by atoms with Crippen LogP contribution in [-0.4, -0.2) is 26.1 Å². The molecule has 0 aliphatic carbocycles. The Morgan fingerprint density at radius 2 is 1.87 bits per heavy atom. The Labute approximate surface area is 134 Å². The van der Waals surface area contributed by atoms with Gasteiger partial charge in [0.15, 0.2) is 5.82 Å². The molecule has 23 heavy (non-hydrogen) atoms. The average Bonchev–Trinajstić information content (AvgIpc) is 2.96. The molecule has 1 heterocycles. The lowest BCUT2D eigenvalue weighted by Gasteiger charge is -2.07. The Balaban J connectivity index is 1.75. The molecule has 0 fully saturated rings. The minimum atomic E-state index is -0.170. The summed E-state index contributed by atoms with van der Waals surface area (Å²) in [5.74, 6) is 0.403. The fourth-order valence-corrected chi connectivity index (χ4v) is 2.28. The number of rotatable bonds is 4. The van der Waals surface area contributed by atoms with Crippen molar-refractivity contribution in [1.82, 2.24) is 20.2 Å². The maximum Gasteiger partial charge on any atom is 0.246 e. The van der Waals surface area contributed by atoms with Crippen molar-refractivity contribution in [2.75, 3.05) is 5.32 Å². The van der Waals surface area contributed by atoms with Crippen LogP contribution in [0.1, 0.15) is 11.1 Å². The number of nitrogens with one attached hydrogen (secondary N) is 1. The van der Waals surface area contributed by atoms with E-state index in [4.69, 9.17) is 0 Å². The van der Waals surface area contributed by atoms with Crippen LogP contribution in [0.5, 0.6) is 0 Å². The highest BCUT2D eigenvalue weighted by molar-refractivity contribution is 5.90. The quantitative estimate of drug-likeness (QED) is 0.804. The summed E-state index contributed by atoms with van der Waals surface area (Å²) in [6.45, 7) is 4.05. The van der Waals surface area contributed by atoms with E-state index >= 15 is 0 Å². The van der Waals surface area contributed by atoms with Gasteiger partial charge in [0.2, 0.25) is 5.91 Å². The van der Waals surface area contributed by atoms with Crippen LogP contribution < -0.4 is 5.32 Å². The number of amides is 1. The number of hydrogen-bond donors (Lipinski definition) is 1. The van der Waals surface area contributed by atoms with E-state index in [1.165, 1.54) is 4.68 Å². The van der Waals surface area contributed by atoms with Gasteiger partial charge in [-0.15, -0.1) is 5.10 Å². The summed E-state index contributed by atoms with van der Waals surface area (Å²) in [6, 6.07) is 15.5. The fraction of sp³-hybridized carbons (Fsp3) is 0.176. The molecule has 6 nitrogen and oxygen atoms in total. The van der Waals surface area contributed by atoms with Crippen LogP contribution in [0.2, 0.25) is 0 Å². The Kier molecular flexibility index (Phi) is 4.14. The van der Waals surface area contributed by atoms with Crippen molar-refractivity contribution in [3.8, 4) is 11.4 Å². The summed E-state index contributed by atoms with van der Waals surface area (Å²) in [5, 5.41) is 14.5. The maximum absolute atomic E-state index is 12.2. The van der Waals surface area contributed by atoms with Crippen LogP contribution in [0.3, 0.4) is 0 Å².